The molecule has 5 rings (SSSR count). The van der Waals surface area contributed by atoms with Gasteiger partial charge in [-0.25, -0.2) is 0 Å². The lowest BCUT2D eigenvalue weighted by Crippen LogP contribution is -1.99. The topological polar surface area (TPSA) is 71.1 Å². The average Bonchev–Trinajstić information content (AvgIpc) is 3.49. The molecule has 0 radical (unpaired) electrons. The summed E-state index contributed by atoms with van der Waals surface area (Å²) < 4.78 is 21.3. The van der Waals surface area contributed by atoms with Crippen molar-refractivity contribution >= 4 is 23.7 Å². The fourth-order valence-corrected chi connectivity index (χ4v) is 3.40. The maximum atomic E-state index is 12.6. The number of allylic oxidation sites excluding steroid dienone is 2. The Kier molecular flexibility index (Phi) is 5.17. The number of benzene rings is 3. The van der Waals surface area contributed by atoms with Gasteiger partial charge < -0.3 is 18.9 Å². The van der Waals surface area contributed by atoms with Gasteiger partial charge in [-0.2, -0.15) is 0 Å². The zero-order valence-electron chi connectivity index (χ0n) is 16.9. The van der Waals surface area contributed by atoms with Crippen LogP contribution in [0.2, 0.25) is 0 Å². The Hall–Kier alpha value is -4.32. The molecule has 6 nitrogen and oxygen atoms in total. The van der Waals surface area contributed by atoms with Crippen molar-refractivity contribution in [3.63, 3.8) is 0 Å². The van der Waals surface area contributed by atoms with E-state index in [2.05, 4.69) is 0 Å². The van der Waals surface area contributed by atoms with Crippen LogP contribution in [0.3, 0.4) is 0 Å². The van der Waals surface area contributed by atoms with Gasteiger partial charge in [0.1, 0.15) is 0 Å². The molecule has 0 aromatic heterocycles. The van der Waals surface area contributed by atoms with Crippen LogP contribution >= 0.6 is 0 Å². The molecule has 0 unspecified atom stereocenters. The molecule has 0 spiro atoms. The van der Waals surface area contributed by atoms with Gasteiger partial charge in [-0.05, 0) is 53.6 Å². The van der Waals surface area contributed by atoms with Gasteiger partial charge in [0.15, 0.2) is 34.6 Å². The molecule has 0 aliphatic carbocycles. The normalized spacial score (nSPS) is 13.8. The molecule has 2 aliphatic rings. The van der Waals surface area contributed by atoms with Crippen molar-refractivity contribution in [2.24, 2.45) is 0 Å². The van der Waals surface area contributed by atoms with Crippen molar-refractivity contribution in [2.75, 3.05) is 13.6 Å². The smallest absolute Gasteiger partial charge is 0.231 e. The number of fused-ring (bicyclic) bond motifs is 2. The summed E-state index contributed by atoms with van der Waals surface area (Å²) in [5.74, 6) is 2.29. The van der Waals surface area contributed by atoms with Crippen LogP contribution < -0.4 is 18.9 Å². The molecular weight excluding hydrogens is 408 g/mol. The van der Waals surface area contributed by atoms with Crippen molar-refractivity contribution in [3.8, 4) is 23.0 Å². The van der Waals surface area contributed by atoms with E-state index in [9.17, 15) is 9.59 Å². The first-order valence-corrected chi connectivity index (χ1v) is 10.00. The van der Waals surface area contributed by atoms with Crippen LogP contribution in [-0.4, -0.2) is 25.2 Å². The maximum absolute atomic E-state index is 12.6. The molecule has 2 aliphatic heterocycles. The van der Waals surface area contributed by atoms with E-state index < -0.39 is 0 Å². The predicted molar refractivity (Wildman–Crippen MR) is 118 cm³/mol. The summed E-state index contributed by atoms with van der Waals surface area (Å²) in [4.78, 5) is 25.2. The zero-order chi connectivity index (χ0) is 21.9. The van der Waals surface area contributed by atoms with Gasteiger partial charge in [-0.15, -0.1) is 0 Å². The Morgan fingerprint density at radius 3 is 1.56 bits per heavy atom. The Morgan fingerprint density at radius 1 is 0.594 bits per heavy atom. The minimum atomic E-state index is -0.197. The van der Waals surface area contributed by atoms with E-state index in [1.165, 1.54) is 12.2 Å². The van der Waals surface area contributed by atoms with Crippen LogP contribution in [0, 0.1) is 0 Å². The lowest BCUT2D eigenvalue weighted by atomic mass is 10.0. The Labute approximate surface area is 184 Å². The molecule has 0 fully saturated rings. The average molecular weight is 426 g/mol. The SMILES string of the molecule is O=C(/C=C/c1ccc2c(c1)OCO2)c1cccc(C(=O)/C=C/c2ccc3c(c2)OCO3)c1. The molecule has 32 heavy (non-hydrogen) atoms. The summed E-state index contributed by atoms with van der Waals surface area (Å²) >= 11 is 0. The first-order chi connectivity index (χ1) is 15.7. The third-order valence-corrected chi connectivity index (χ3v) is 5.08. The summed E-state index contributed by atoms with van der Waals surface area (Å²) in [5.41, 5.74) is 2.51. The van der Waals surface area contributed by atoms with E-state index >= 15 is 0 Å². The molecule has 3 aromatic rings. The third-order valence-electron chi connectivity index (χ3n) is 5.08. The fraction of sp³-hybridized carbons (Fsp3) is 0.0769. The Balaban J connectivity index is 1.28. The molecule has 0 bridgehead atoms. The minimum absolute atomic E-state index is 0.197. The van der Waals surface area contributed by atoms with E-state index in [0.29, 0.717) is 34.1 Å². The molecule has 6 heteroatoms. The third kappa shape index (κ3) is 4.11. The maximum Gasteiger partial charge on any atom is 0.231 e. The molecule has 0 saturated carbocycles. The van der Waals surface area contributed by atoms with E-state index in [1.807, 2.05) is 24.3 Å². The van der Waals surface area contributed by atoms with Gasteiger partial charge in [0.05, 0.1) is 0 Å². The minimum Gasteiger partial charge on any atom is -0.454 e. The lowest BCUT2D eigenvalue weighted by Gasteiger charge is -2.01. The first kappa shape index (κ1) is 19.6. The second-order valence-corrected chi connectivity index (χ2v) is 7.20. The highest BCUT2D eigenvalue weighted by Crippen LogP contribution is 2.33. The van der Waals surface area contributed by atoms with Crippen LogP contribution in [0.4, 0.5) is 0 Å². The molecule has 0 saturated heterocycles. The van der Waals surface area contributed by atoms with Crippen molar-refractivity contribution in [1.82, 2.24) is 0 Å². The summed E-state index contributed by atoms with van der Waals surface area (Å²) in [7, 11) is 0. The van der Waals surface area contributed by atoms with Crippen LogP contribution in [0.1, 0.15) is 31.8 Å². The van der Waals surface area contributed by atoms with Crippen LogP contribution in [0.15, 0.2) is 72.8 Å². The molecule has 3 aromatic carbocycles. The summed E-state index contributed by atoms with van der Waals surface area (Å²) in [6.07, 6.45) is 6.36. The van der Waals surface area contributed by atoms with Crippen LogP contribution in [0.25, 0.3) is 12.2 Å². The van der Waals surface area contributed by atoms with E-state index in [0.717, 1.165) is 11.1 Å². The molecular formula is C26H18O6. The first-order valence-electron chi connectivity index (χ1n) is 10.00. The monoisotopic (exact) mass is 426 g/mol. The Morgan fingerprint density at radius 2 is 1.06 bits per heavy atom. The quantitative estimate of drug-likeness (QED) is 0.411. The van der Waals surface area contributed by atoms with Crippen molar-refractivity contribution in [3.05, 3.63) is 95.1 Å². The molecule has 0 atom stereocenters. The lowest BCUT2D eigenvalue weighted by molar-refractivity contribution is 0.104. The van der Waals surface area contributed by atoms with Crippen LogP contribution in [-0.2, 0) is 0 Å². The molecule has 0 amide bonds. The van der Waals surface area contributed by atoms with Gasteiger partial charge in [0.25, 0.3) is 0 Å². The second-order valence-electron chi connectivity index (χ2n) is 7.20. The number of rotatable bonds is 6. The number of carbonyl (C=O) groups excluding carboxylic acids is 2. The van der Waals surface area contributed by atoms with Crippen molar-refractivity contribution < 1.29 is 28.5 Å². The van der Waals surface area contributed by atoms with Crippen LogP contribution in [0.5, 0.6) is 23.0 Å². The highest BCUT2D eigenvalue weighted by atomic mass is 16.7. The standard InChI is InChI=1S/C26H18O6/c27-21(8-4-17-6-10-23-25(12-17)31-15-29-23)19-2-1-3-20(14-19)22(28)9-5-18-7-11-24-26(13-18)32-16-30-24/h1-14H,15-16H2/b8-4+,9-5+. The van der Waals surface area contributed by atoms with E-state index in [1.54, 1.807) is 48.6 Å². The number of hydrogen-bond donors (Lipinski definition) is 0. The fourth-order valence-electron chi connectivity index (χ4n) is 3.40. The molecule has 2 heterocycles. The van der Waals surface area contributed by atoms with Crippen molar-refractivity contribution in [2.45, 2.75) is 0 Å². The molecule has 158 valence electrons. The Bertz CT molecular complexity index is 1180. The molecule has 0 N–H and O–H groups in total. The number of carbonyl (C=O) groups is 2. The number of hydrogen-bond acceptors (Lipinski definition) is 6. The summed E-state index contributed by atoms with van der Waals surface area (Å²) in [6, 6.07) is 17.6. The van der Waals surface area contributed by atoms with E-state index in [4.69, 9.17) is 18.9 Å². The highest BCUT2D eigenvalue weighted by molar-refractivity contribution is 6.11. The summed E-state index contributed by atoms with van der Waals surface area (Å²) in [6.45, 7) is 0.400. The van der Waals surface area contributed by atoms with Gasteiger partial charge in [-0.3, -0.25) is 9.59 Å². The van der Waals surface area contributed by atoms with E-state index in [-0.39, 0.29) is 25.2 Å². The second kappa shape index (κ2) is 8.43. The highest BCUT2D eigenvalue weighted by Gasteiger charge is 2.14. The van der Waals surface area contributed by atoms with Gasteiger partial charge in [0, 0.05) is 11.1 Å². The van der Waals surface area contributed by atoms with Gasteiger partial charge >= 0.3 is 0 Å². The zero-order valence-corrected chi connectivity index (χ0v) is 16.9. The number of ketones is 2. The largest absolute Gasteiger partial charge is 0.454 e. The summed E-state index contributed by atoms with van der Waals surface area (Å²) in [5, 5.41) is 0. The van der Waals surface area contributed by atoms with Gasteiger partial charge in [-0.1, -0.05) is 42.5 Å². The van der Waals surface area contributed by atoms with Gasteiger partial charge in [0.2, 0.25) is 13.6 Å². The predicted octanol–water partition coefficient (Wildman–Crippen LogP) is 4.94. The number of ether oxygens (including phenoxy) is 4. The van der Waals surface area contributed by atoms with Crippen molar-refractivity contribution in [1.29, 1.82) is 0 Å².